The molecule has 1 aliphatic rings. The maximum absolute atomic E-state index is 12.7. The number of fused-ring (bicyclic) bond motifs is 1. The van der Waals surface area contributed by atoms with Crippen LogP contribution in [0.3, 0.4) is 0 Å². The third kappa shape index (κ3) is 3.95. The van der Waals surface area contributed by atoms with Crippen LogP contribution < -0.4 is 4.90 Å². The minimum absolute atomic E-state index is 0.208. The molecule has 1 aromatic carbocycles. The van der Waals surface area contributed by atoms with Crippen LogP contribution in [0.2, 0.25) is 0 Å². The number of amides is 1. The Morgan fingerprint density at radius 3 is 2.78 bits per heavy atom. The van der Waals surface area contributed by atoms with Crippen molar-refractivity contribution in [1.29, 1.82) is 0 Å². The van der Waals surface area contributed by atoms with Gasteiger partial charge in [-0.2, -0.15) is 0 Å². The first-order valence-electron chi connectivity index (χ1n) is 9.54. The second-order valence-corrected chi connectivity index (χ2v) is 7.98. The standard InChI is InChI=1S/C21H24N4OS/c1-2-17-14-18-20(22-15-23-21(18)27-17)25-10-6-9-24(11-12-25)19(26)13-16-7-4-3-5-8-16/h3-5,7-8,14-15H,2,6,9-13H2,1H3. The normalized spacial score (nSPS) is 15.1. The van der Waals surface area contributed by atoms with E-state index < -0.39 is 0 Å². The highest BCUT2D eigenvalue weighted by molar-refractivity contribution is 7.18. The van der Waals surface area contributed by atoms with E-state index in [0.29, 0.717) is 6.42 Å². The molecular weight excluding hydrogens is 356 g/mol. The first-order valence-corrected chi connectivity index (χ1v) is 10.4. The van der Waals surface area contributed by atoms with E-state index in [1.807, 2.05) is 35.2 Å². The number of aromatic nitrogens is 2. The molecule has 1 saturated heterocycles. The molecule has 27 heavy (non-hydrogen) atoms. The zero-order valence-corrected chi connectivity index (χ0v) is 16.4. The van der Waals surface area contributed by atoms with Crippen molar-refractivity contribution in [3.8, 4) is 0 Å². The number of benzene rings is 1. The van der Waals surface area contributed by atoms with Crippen LogP contribution in [0.5, 0.6) is 0 Å². The van der Waals surface area contributed by atoms with Crippen molar-refractivity contribution in [2.45, 2.75) is 26.2 Å². The fourth-order valence-electron chi connectivity index (χ4n) is 3.58. The van der Waals surface area contributed by atoms with Crippen molar-refractivity contribution in [1.82, 2.24) is 14.9 Å². The highest BCUT2D eigenvalue weighted by atomic mass is 32.1. The molecular formula is C21H24N4OS. The van der Waals surface area contributed by atoms with E-state index in [-0.39, 0.29) is 5.91 Å². The number of anilines is 1. The predicted octanol–water partition coefficient (Wildman–Crippen LogP) is 3.54. The van der Waals surface area contributed by atoms with Crippen molar-refractivity contribution in [2.75, 3.05) is 31.1 Å². The average Bonchev–Trinajstić information content (AvgIpc) is 2.97. The molecule has 0 spiro atoms. The Kier molecular flexibility index (Phi) is 5.34. The van der Waals surface area contributed by atoms with Crippen LogP contribution in [0.4, 0.5) is 5.82 Å². The lowest BCUT2D eigenvalue weighted by Crippen LogP contribution is -2.36. The number of aryl methyl sites for hydroxylation is 1. The molecule has 2 aromatic heterocycles. The monoisotopic (exact) mass is 380 g/mol. The predicted molar refractivity (Wildman–Crippen MR) is 110 cm³/mol. The van der Waals surface area contributed by atoms with Gasteiger partial charge in [-0.05, 0) is 24.5 Å². The van der Waals surface area contributed by atoms with Crippen LogP contribution in [0.15, 0.2) is 42.7 Å². The summed E-state index contributed by atoms with van der Waals surface area (Å²) < 4.78 is 0. The smallest absolute Gasteiger partial charge is 0.227 e. The zero-order chi connectivity index (χ0) is 18.6. The van der Waals surface area contributed by atoms with Gasteiger partial charge in [-0.3, -0.25) is 4.79 Å². The van der Waals surface area contributed by atoms with Crippen molar-refractivity contribution in [3.63, 3.8) is 0 Å². The molecule has 140 valence electrons. The molecule has 6 heteroatoms. The lowest BCUT2D eigenvalue weighted by atomic mass is 10.1. The third-order valence-corrected chi connectivity index (χ3v) is 6.24. The van der Waals surface area contributed by atoms with E-state index in [1.54, 1.807) is 17.7 Å². The van der Waals surface area contributed by atoms with E-state index in [2.05, 4.69) is 27.9 Å². The van der Waals surface area contributed by atoms with E-state index in [0.717, 1.165) is 60.6 Å². The summed E-state index contributed by atoms with van der Waals surface area (Å²) in [4.78, 5) is 28.4. The van der Waals surface area contributed by atoms with Gasteiger partial charge >= 0.3 is 0 Å². The van der Waals surface area contributed by atoms with Gasteiger partial charge in [-0.1, -0.05) is 37.3 Å². The number of carbonyl (C=O) groups is 1. The van der Waals surface area contributed by atoms with Crippen LogP contribution >= 0.6 is 11.3 Å². The highest BCUT2D eigenvalue weighted by Gasteiger charge is 2.21. The van der Waals surface area contributed by atoms with Crippen molar-refractivity contribution in [3.05, 3.63) is 53.2 Å². The maximum atomic E-state index is 12.7. The Bertz CT molecular complexity index is 924. The summed E-state index contributed by atoms with van der Waals surface area (Å²) in [6.45, 7) is 5.44. The van der Waals surface area contributed by atoms with Gasteiger partial charge in [0.15, 0.2) is 0 Å². The number of carbonyl (C=O) groups excluding carboxylic acids is 1. The number of hydrogen-bond acceptors (Lipinski definition) is 5. The van der Waals surface area contributed by atoms with Gasteiger partial charge in [-0.25, -0.2) is 9.97 Å². The Morgan fingerprint density at radius 2 is 1.96 bits per heavy atom. The third-order valence-electron chi connectivity index (χ3n) is 5.05. The first kappa shape index (κ1) is 17.9. The minimum Gasteiger partial charge on any atom is -0.354 e. The summed E-state index contributed by atoms with van der Waals surface area (Å²) in [6, 6.07) is 12.2. The summed E-state index contributed by atoms with van der Waals surface area (Å²) >= 11 is 1.75. The van der Waals surface area contributed by atoms with Gasteiger partial charge in [0.1, 0.15) is 17.0 Å². The first-order chi connectivity index (χ1) is 13.2. The van der Waals surface area contributed by atoms with Crippen LogP contribution in [0.25, 0.3) is 10.2 Å². The van der Waals surface area contributed by atoms with Crippen molar-refractivity contribution >= 4 is 33.3 Å². The van der Waals surface area contributed by atoms with Gasteiger partial charge in [-0.15, -0.1) is 11.3 Å². The van der Waals surface area contributed by atoms with Crippen LogP contribution in [0.1, 0.15) is 23.8 Å². The SMILES string of the molecule is CCc1cc2c(N3CCCN(C(=O)Cc4ccccc4)CC3)ncnc2s1. The molecule has 0 N–H and O–H groups in total. The summed E-state index contributed by atoms with van der Waals surface area (Å²) in [5.41, 5.74) is 1.08. The largest absolute Gasteiger partial charge is 0.354 e. The molecule has 3 heterocycles. The van der Waals surface area contributed by atoms with Gasteiger partial charge in [0.05, 0.1) is 11.8 Å². The Labute approximate surface area is 163 Å². The topological polar surface area (TPSA) is 49.3 Å². The zero-order valence-electron chi connectivity index (χ0n) is 15.6. The molecule has 4 rings (SSSR count). The number of hydrogen-bond donors (Lipinski definition) is 0. The molecule has 0 unspecified atom stereocenters. The van der Waals surface area contributed by atoms with E-state index in [9.17, 15) is 4.79 Å². The summed E-state index contributed by atoms with van der Waals surface area (Å²) in [7, 11) is 0. The lowest BCUT2D eigenvalue weighted by Gasteiger charge is -2.23. The average molecular weight is 381 g/mol. The number of nitrogens with zero attached hydrogens (tertiary/aromatic N) is 4. The molecule has 0 aliphatic carbocycles. The second-order valence-electron chi connectivity index (χ2n) is 6.87. The van der Waals surface area contributed by atoms with Crippen molar-refractivity contribution < 1.29 is 4.79 Å². The summed E-state index contributed by atoms with van der Waals surface area (Å²) in [6.07, 6.45) is 4.11. The van der Waals surface area contributed by atoms with Crippen molar-refractivity contribution in [2.24, 2.45) is 0 Å². The Hall–Kier alpha value is -2.47. The van der Waals surface area contributed by atoms with Gasteiger partial charge in [0.25, 0.3) is 0 Å². The Morgan fingerprint density at radius 1 is 1.11 bits per heavy atom. The van der Waals surface area contributed by atoms with Crippen LogP contribution in [-0.4, -0.2) is 47.0 Å². The summed E-state index contributed by atoms with van der Waals surface area (Å²) in [5.74, 6) is 1.22. The molecule has 0 atom stereocenters. The number of thiophene rings is 1. The fourth-order valence-corrected chi connectivity index (χ4v) is 4.51. The van der Waals surface area contributed by atoms with Crippen LogP contribution in [-0.2, 0) is 17.6 Å². The van der Waals surface area contributed by atoms with Gasteiger partial charge in [0, 0.05) is 31.1 Å². The quantitative estimate of drug-likeness (QED) is 0.695. The molecule has 0 radical (unpaired) electrons. The van der Waals surface area contributed by atoms with E-state index in [4.69, 9.17) is 0 Å². The molecule has 0 bridgehead atoms. The minimum atomic E-state index is 0.208. The molecule has 3 aromatic rings. The fraction of sp³-hybridized carbons (Fsp3) is 0.381. The molecule has 1 fully saturated rings. The van der Waals surface area contributed by atoms with Crippen LogP contribution in [0, 0.1) is 0 Å². The van der Waals surface area contributed by atoms with E-state index in [1.165, 1.54) is 4.88 Å². The van der Waals surface area contributed by atoms with E-state index >= 15 is 0 Å². The summed E-state index contributed by atoms with van der Waals surface area (Å²) in [5, 5.41) is 1.14. The molecule has 5 nitrogen and oxygen atoms in total. The molecule has 1 aliphatic heterocycles. The molecule has 0 saturated carbocycles. The Balaban J connectivity index is 1.47. The second kappa shape index (κ2) is 8.05. The van der Waals surface area contributed by atoms with Gasteiger partial charge < -0.3 is 9.80 Å². The highest BCUT2D eigenvalue weighted by Crippen LogP contribution is 2.31. The number of rotatable bonds is 4. The van der Waals surface area contributed by atoms with Gasteiger partial charge in [0.2, 0.25) is 5.91 Å². The lowest BCUT2D eigenvalue weighted by molar-refractivity contribution is -0.130. The molecule has 1 amide bonds. The maximum Gasteiger partial charge on any atom is 0.227 e.